The second-order valence-corrected chi connectivity index (χ2v) is 9.13. The number of halogens is 2. The lowest BCUT2D eigenvalue weighted by Crippen LogP contribution is -2.23. The molecule has 4 rings (SSSR count). The van der Waals surface area contributed by atoms with Crippen molar-refractivity contribution in [1.29, 1.82) is 0 Å². The Hall–Kier alpha value is -4.33. The number of ether oxygens (including phenoxy) is 1. The molecule has 0 spiro atoms. The van der Waals surface area contributed by atoms with E-state index in [1.807, 2.05) is 57.9 Å². The second kappa shape index (κ2) is 18.9. The van der Waals surface area contributed by atoms with Crippen molar-refractivity contribution in [2.75, 3.05) is 18.6 Å². The lowest BCUT2D eigenvalue weighted by atomic mass is 10.1. The normalized spacial score (nSPS) is 10.5. The fourth-order valence-electron chi connectivity index (χ4n) is 4.01. The van der Waals surface area contributed by atoms with Crippen LogP contribution in [0.5, 0.6) is 5.75 Å². The first-order valence-electron chi connectivity index (χ1n) is 13.3. The Balaban J connectivity index is 0.000000541. The van der Waals surface area contributed by atoms with Crippen LogP contribution < -0.4 is 9.64 Å². The highest BCUT2D eigenvalue weighted by molar-refractivity contribution is 5.51. The highest BCUT2D eigenvalue weighted by atomic mass is 19.1. The average Bonchev–Trinajstić information content (AvgIpc) is 3.43. The molecule has 0 fully saturated rings. The summed E-state index contributed by atoms with van der Waals surface area (Å²) in [6, 6.07) is 19.6. The summed E-state index contributed by atoms with van der Waals surface area (Å²) in [5, 5.41) is 0. The molecular formula is C33H41F2N3O3. The van der Waals surface area contributed by atoms with E-state index < -0.39 is 11.6 Å². The molecule has 1 atom stereocenters. The van der Waals surface area contributed by atoms with Gasteiger partial charge in [0.1, 0.15) is 36.8 Å². The number of hydrogen-bond donors (Lipinski definition) is 0. The third-order valence-electron chi connectivity index (χ3n) is 6.49. The fourth-order valence-corrected chi connectivity index (χ4v) is 4.01. The Kier molecular flexibility index (Phi) is 16.0. The lowest BCUT2D eigenvalue weighted by molar-refractivity contribution is -0.0987. The highest BCUT2D eigenvalue weighted by Crippen LogP contribution is 2.33. The van der Waals surface area contributed by atoms with Gasteiger partial charge in [-0.05, 0) is 57.4 Å². The monoisotopic (exact) mass is 565 g/mol. The molecule has 1 heterocycles. The Morgan fingerprint density at radius 3 is 2.24 bits per heavy atom. The third kappa shape index (κ3) is 11.0. The van der Waals surface area contributed by atoms with Crippen LogP contribution in [0.25, 0.3) is 0 Å². The summed E-state index contributed by atoms with van der Waals surface area (Å²) in [7, 11) is 1.75. The van der Waals surface area contributed by atoms with Crippen molar-refractivity contribution in [3.8, 4) is 5.75 Å². The number of imidazole rings is 1. The first-order chi connectivity index (χ1) is 19.8. The quantitative estimate of drug-likeness (QED) is 0.199. The maximum absolute atomic E-state index is 14.2. The number of rotatable bonds is 9. The molecule has 0 aliphatic heterocycles. The van der Waals surface area contributed by atoms with E-state index in [4.69, 9.17) is 14.3 Å². The summed E-state index contributed by atoms with van der Waals surface area (Å²) in [6.45, 7) is 13.6. The molecule has 0 saturated carbocycles. The molecule has 0 N–H and O–H groups in total. The summed E-state index contributed by atoms with van der Waals surface area (Å²) in [5.74, 6) is 0.813. The van der Waals surface area contributed by atoms with Gasteiger partial charge in [-0.2, -0.15) is 0 Å². The highest BCUT2D eigenvalue weighted by Gasteiger charge is 2.19. The van der Waals surface area contributed by atoms with E-state index in [1.54, 1.807) is 18.1 Å². The van der Waals surface area contributed by atoms with E-state index in [-0.39, 0.29) is 11.7 Å². The number of carbonyl (C=O) groups is 2. The Bertz CT molecular complexity index is 1290. The number of anilines is 1. The number of nitrogens with zero attached hydrogens (tertiary/aromatic N) is 3. The molecule has 0 amide bonds. The maximum atomic E-state index is 14.2. The van der Waals surface area contributed by atoms with Crippen molar-refractivity contribution in [3.05, 3.63) is 113 Å². The minimum atomic E-state index is -0.463. The van der Waals surface area contributed by atoms with Crippen molar-refractivity contribution >= 4 is 19.3 Å². The largest absolute Gasteiger partial charge is 0.493 e. The van der Waals surface area contributed by atoms with Gasteiger partial charge in [0.2, 0.25) is 0 Å². The zero-order valence-corrected chi connectivity index (χ0v) is 24.6. The van der Waals surface area contributed by atoms with E-state index >= 15 is 0 Å². The maximum Gasteiger partial charge on any atom is 0.146 e. The van der Waals surface area contributed by atoms with Crippen LogP contribution in [-0.2, 0) is 22.6 Å². The molecule has 1 unspecified atom stereocenters. The van der Waals surface area contributed by atoms with Crippen LogP contribution in [0.3, 0.4) is 0 Å². The predicted octanol–water partition coefficient (Wildman–Crippen LogP) is 7.32. The molecule has 6 nitrogen and oxygen atoms in total. The van der Waals surface area contributed by atoms with Gasteiger partial charge in [-0.3, -0.25) is 0 Å². The fraction of sp³-hybridized carbons (Fsp3) is 0.303. The Morgan fingerprint density at radius 2 is 1.63 bits per heavy atom. The SMILES string of the molecule is C=O.C=O.CCc1ccc(C)cc1.Cc1nccn1CCCOc1ccccc1C(C)N(C)c1cc(F)ccc1F. The standard InChI is InChI=1S/C22H25F2N3O.C9H12.2CH2O/c1-16(26(3)21-15-18(23)9-10-20(21)24)19-7-4-5-8-22(19)28-14-6-12-27-13-11-25-17(27)2;1-3-9-6-4-8(2)5-7-9;2*1-2/h4-5,7-11,13,15-16H,6,12,14H2,1-3H3;4-7H,3H2,1-2H3;2*1H2. The van der Waals surface area contributed by atoms with Gasteiger partial charge in [0, 0.05) is 37.6 Å². The molecule has 0 aliphatic rings. The molecule has 0 bridgehead atoms. The van der Waals surface area contributed by atoms with Crippen LogP contribution in [0.2, 0.25) is 0 Å². The molecule has 0 saturated heterocycles. The molecule has 3 aromatic carbocycles. The van der Waals surface area contributed by atoms with Gasteiger partial charge in [-0.1, -0.05) is 55.0 Å². The molecule has 4 aromatic rings. The third-order valence-corrected chi connectivity index (χ3v) is 6.49. The van der Waals surface area contributed by atoms with Gasteiger partial charge in [0.15, 0.2) is 0 Å². The predicted molar refractivity (Wildman–Crippen MR) is 161 cm³/mol. The number of carbonyl (C=O) groups excluding carboxylic acids is 2. The van der Waals surface area contributed by atoms with Gasteiger partial charge in [-0.15, -0.1) is 0 Å². The first-order valence-corrected chi connectivity index (χ1v) is 13.3. The lowest BCUT2D eigenvalue weighted by Gasteiger charge is -2.29. The Morgan fingerprint density at radius 1 is 0.976 bits per heavy atom. The zero-order chi connectivity index (χ0) is 30.8. The molecule has 41 heavy (non-hydrogen) atoms. The summed E-state index contributed by atoms with van der Waals surface area (Å²) >= 11 is 0. The van der Waals surface area contributed by atoms with Gasteiger partial charge in [0.05, 0.1) is 18.3 Å². The topological polar surface area (TPSA) is 64.4 Å². The average molecular weight is 566 g/mol. The van der Waals surface area contributed by atoms with Crippen LogP contribution in [-0.4, -0.2) is 36.8 Å². The van der Waals surface area contributed by atoms with Crippen molar-refractivity contribution in [1.82, 2.24) is 9.55 Å². The number of benzene rings is 3. The first kappa shape index (κ1) is 34.7. The Labute approximate surface area is 242 Å². The summed E-state index contributed by atoms with van der Waals surface area (Å²) in [4.78, 5) is 21.9. The smallest absolute Gasteiger partial charge is 0.146 e. The molecule has 8 heteroatoms. The molecule has 0 radical (unpaired) electrons. The van der Waals surface area contributed by atoms with Crippen LogP contribution in [0, 0.1) is 25.5 Å². The van der Waals surface area contributed by atoms with E-state index in [0.717, 1.165) is 48.7 Å². The van der Waals surface area contributed by atoms with Crippen LogP contribution in [0.15, 0.2) is 79.1 Å². The summed E-state index contributed by atoms with van der Waals surface area (Å²) in [6.07, 6.45) is 5.72. The van der Waals surface area contributed by atoms with Crippen LogP contribution >= 0.6 is 0 Å². The molecule has 220 valence electrons. The van der Waals surface area contributed by atoms with Crippen molar-refractivity contribution in [2.24, 2.45) is 0 Å². The van der Waals surface area contributed by atoms with Crippen LogP contribution in [0.4, 0.5) is 14.5 Å². The molecular weight excluding hydrogens is 524 g/mol. The minimum Gasteiger partial charge on any atom is -0.493 e. The van der Waals surface area contributed by atoms with Crippen LogP contribution in [0.1, 0.15) is 48.8 Å². The van der Waals surface area contributed by atoms with E-state index in [9.17, 15) is 8.78 Å². The number of aromatic nitrogens is 2. The van der Waals surface area contributed by atoms with Gasteiger partial charge in [0.25, 0.3) is 0 Å². The van der Waals surface area contributed by atoms with Crippen molar-refractivity contribution < 1.29 is 23.1 Å². The number of aryl methyl sites for hydroxylation is 4. The van der Waals surface area contributed by atoms with Gasteiger partial charge >= 0.3 is 0 Å². The molecule has 1 aromatic heterocycles. The minimum absolute atomic E-state index is 0.191. The molecule has 0 aliphatic carbocycles. The summed E-state index contributed by atoms with van der Waals surface area (Å²) in [5.41, 5.74) is 3.90. The van der Waals surface area contributed by atoms with E-state index in [1.165, 1.54) is 17.2 Å². The van der Waals surface area contributed by atoms with E-state index in [2.05, 4.69) is 47.7 Å². The van der Waals surface area contributed by atoms with Gasteiger partial charge in [-0.25, -0.2) is 13.8 Å². The number of hydrogen-bond acceptors (Lipinski definition) is 5. The van der Waals surface area contributed by atoms with E-state index in [0.29, 0.717) is 6.61 Å². The second-order valence-electron chi connectivity index (χ2n) is 9.13. The zero-order valence-electron chi connectivity index (χ0n) is 24.6. The number of para-hydroxylation sites is 1. The van der Waals surface area contributed by atoms with Crippen molar-refractivity contribution in [2.45, 2.75) is 53.1 Å². The van der Waals surface area contributed by atoms with Crippen molar-refractivity contribution in [3.63, 3.8) is 0 Å². The van der Waals surface area contributed by atoms with Gasteiger partial charge < -0.3 is 23.8 Å². The summed E-state index contributed by atoms with van der Waals surface area (Å²) < 4.78 is 35.8.